The quantitative estimate of drug-likeness (QED) is 0.222. The van der Waals surface area contributed by atoms with Crippen molar-refractivity contribution >= 4 is 28.9 Å². The minimum atomic E-state index is -0.554. The van der Waals surface area contributed by atoms with Crippen LogP contribution in [0.15, 0.2) is 42.3 Å². The number of aromatic nitrogens is 1. The van der Waals surface area contributed by atoms with Crippen molar-refractivity contribution in [3.63, 3.8) is 0 Å². The maximum Gasteiger partial charge on any atom is 0.330 e. The molecule has 0 aliphatic rings. The van der Waals surface area contributed by atoms with Crippen molar-refractivity contribution in [1.29, 1.82) is 0 Å². The Hall–Kier alpha value is -2.82. The lowest BCUT2D eigenvalue weighted by Gasteiger charge is -2.41. The van der Waals surface area contributed by atoms with Crippen molar-refractivity contribution in [1.82, 2.24) is 4.57 Å². The number of esters is 1. The number of fused-ring (bicyclic) bond motifs is 1. The Morgan fingerprint density at radius 3 is 2.47 bits per heavy atom. The summed E-state index contributed by atoms with van der Waals surface area (Å²) >= 11 is 0. The first-order valence-corrected chi connectivity index (χ1v) is 10.1. The normalized spacial score (nSPS) is 13.8. The maximum atomic E-state index is 12.1. The molecule has 0 aliphatic heterocycles. The molecule has 1 unspecified atom stereocenters. The van der Waals surface area contributed by atoms with Gasteiger partial charge in [-0.2, -0.15) is 0 Å². The van der Waals surface area contributed by atoms with Crippen LogP contribution in [0, 0.1) is 10.8 Å². The molecule has 2 N–H and O–H groups in total. The molecule has 6 nitrogen and oxygen atoms in total. The fourth-order valence-corrected chi connectivity index (χ4v) is 3.42. The highest BCUT2D eigenvalue weighted by atomic mass is 16.6. The van der Waals surface area contributed by atoms with Crippen LogP contribution in [0.25, 0.3) is 17.0 Å². The number of para-hydroxylation sites is 1. The molecule has 2 aromatic rings. The molecule has 0 aliphatic carbocycles. The molecule has 0 amide bonds. The van der Waals surface area contributed by atoms with E-state index in [1.54, 1.807) is 6.08 Å². The number of carbonyl (C=O) groups is 1. The first-order chi connectivity index (χ1) is 14.1. The van der Waals surface area contributed by atoms with Gasteiger partial charge in [0.05, 0.1) is 0 Å². The minimum absolute atomic E-state index is 0.0345. The zero-order valence-electron chi connectivity index (χ0n) is 18.5. The van der Waals surface area contributed by atoms with Crippen LogP contribution in [0.5, 0.6) is 0 Å². The summed E-state index contributed by atoms with van der Waals surface area (Å²) in [6.45, 7) is 8.57. The van der Waals surface area contributed by atoms with Gasteiger partial charge >= 0.3 is 5.97 Å². The summed E-state index contributed by atoms with van der Waals surface area (Å²) in [4.78, 5) is 23.6. The Morgan fingerprint density at radius 2 is 1.83 bits per heavy atom. The number of hydrogen-bond acceptors (Lipinski definition) is 5. The lowest BCUT2D eigenvalue weighted by atomic mass is 9.65. The zero-order chi connectivity index (χ0) is 22.4. The molecule has 0 saturated heterocycles. The average molecular weight is 413 g/mol. The molecule has 1 aromatic carbocycles. The third-order valence-electron chi connectivity index (χ3n) is 5.79. The summed E-state index contributed by atoms with van der Waals surface area (Å²) in [5.41, 5.74) is 6.98. The SMILES string of the molecule is Cn1cc(/C=C/C(=O)OCCOC(=C=O)C(C)(CCN)C(C)(C)C)c2ccccc21. The van der Waals surface area contributed by atoms with Crippen molar-refractivity contribution in [2.75, 3.05) is 19.8 Å². The molecular formula is C24H32N2O4. The van der Waals surface area contributed by atoms with E-state index in [1.165, 1.54) is 6.08 Å². The summed E-state index contributed by atoms with van der Waals surface area (Å²) in [6, 6.07) is 7.97. The monoisotopic (exact) mass is 412 g/mol. The number of nitrogens with two attached hydrogens (primary N) is 1. The Labute approximate surface area is 178 Å². The Bertz CT molecular complexity index is 961. The van der Waals surface area contributed by atoms with Gasteiger partial charge in [0, 0.05) is 41.2 Å². The predicted octanol–water partition coefficient (Wildman–Crippen LogP) is 3.87. The molecule has 2 rings (SSSR count). The summed E-state index contributed by atoms with van der Waals surface area (Å²) in [5, 5.41) is 1.06. The molecule has 0 radical (unpaired) electrons. The van der Waals surface area contributed by atoms with Crippen LogP contribution in [0.4, 0.5) is 0 Å². The second-order valence-electron chi connectivity index (χ2n) is 8.61. The Morgan fingerprint density at radius 1 is 1.17 bits per heavy atom. The van der Waals surface area contributed by atoms with Gasteiger partial charge in [0.25, 0.3) is 0 Å². The van der Waals surface area contributed by atoms with E-state index in [9.17, 15) is 9.59 Å². The van der Waals surface area contributed by atoms with Gasteiger partial charge in [-0.3, -0.25) is 0 Å². The van der Waals surface area contributed by atoms with Crippen molar-refractivity contribution in [2.45, 2.75) is 34.1 Å². The van der Waals surface area contributed by atoms with Gasteiger partial charge < -0.3 is 19.8 Å². The van der Waals surface area contributed by atoms with Gasteiger partial charge in [-0.15, -0.1) is 0 Å². The summed E-state index contributed by atoms with van der Waals surface area (Å²) < 4.78 is 12.9. The van der Waals surface area contributed by atoms with Crippen LogP contribution >= 0.6 is 0 Å². The van der Waals surface area contributed by atoms with Crippen molar-refractivity contribution < 1.29 is 19.1 Å². The van der Waals surface area contributed by atoms with E-state index in [-0.39, 0.29) is 24.4 Å². The van der Waals surface area contributed by atoms with Crippen molar-refractivity contribution in [3.05, 3.63) is 47.9 Å². The van der Waals surface area contributed by atoms with Gasteiger partial charge in [-0.1, -0.05) is 45.9 Å². The lowest BCUT2D eigenvalue weighted by Crippen LogP contribution is -2.38. The Balaban J connectivity index is 1.92. The van der Waals surface area contributed by atoms with Crippen LogP contribution in [0.1, 0.15) is 39.7 Å². The first-order valence-electron chi connectivity index (χ1n) is 10.1. The number of hydrogen-bond donors (Lipinski definition) is 1. The summed E-state index contributed by atoms with van der Waals surface area (Å²) in [7, 11) is 1.96. The highest BCUT2D eigenvalue weighted by Crippen LogP contribution is 2.46. The predicted molar refractivity (Wildman–Crippen MR) is 119 cm³/mol. The van der Waals surface area contributed by atoms with E-state index in [0.717, 1.165) is 16.5 Å². The lowest BCUT2D eigenvalue weighted by molar-refractivity contribution is -0.139. The molecule has 0 fully saturated rings. The van der Waals surface area contributed by atoms with Crippen LogP contribution in [0.3, 0.4) is 0 Å². The molecule has 0 saturated carbocycles. The third-order valence-corrected chi connectivity index (χ3v) is 5.79. The highest BCUT2D eigenvalue weighted by Gasteiger charge is 2.42. The topological polar surface area (TPSA) is 83.5 Å². The smallest absolute Gasteiger partial charge is 0.330 e. The fraction of sp³-hybridized carbons (Fsp3) is 0.458. The van der Waals surface area contributed by atoms with Crippen LogP contribution < -0.4 is 5.73 Å². The number of aryl methyl sites for hydroxylation is 1. The molecule has 1 aromatic heterocycles. The minimum Gasteiger partial charge on any atom is -0.482 e. The second-order valence-corrected chi connectivity index (χ2v) is 8.61. The second kappa shape index (κ2) is 9.79. The first kappa shape index (κ1) is 23.5. The molecule has 0 spiro atoms. The van der Waals surface area contributed by atoms with Gasteiger partial charge in [-0.05, 0) is 30.5 Å². The van der Waals surface area contributed by atoms with Gasteiger partial charge in [0.2, 0.25) is 0 Å². The van der Waals surface area contributed by atoms with Gasteiger partial charge in [-0.25, -0.2) is 9.59 Å². The fourth-order valence-electron chi connectivity index (χ4n) is 3.42. The number of rotatable bonds is 9. The molecule has 6 heteroatoms. The highest BCUT2D eigenvalue weighted by molar-refractivity contribution is 5.94. The molecule has 1 heterocycles. The number of nitrogens with zero attached hydrogens (tertiary/aromatic N) is 1. The standard InChI is InChI=1S/C24H32N2O4/c1-23(2,3)24(4,12-13-25)21(17-27)29-14-15-30-22(28)11-10-18-16-26(5)20-9-7-6-8-19(18)20/h6-11,16H,12-15,25H2,1-5H3/b11-10+. The van der Waals surface area contributed by atoms with Crippen molar-refractivity contribution in [3.8, 4) is 0 Å². The third kappa shape index (κ3) is 5.21. The molecule has 162 valence electrons. The van der Waals surface area contributed by atoms with Gasteiger partial charge in [0.1, 0.15) is 13.2 Å². The summed E-state index contributed by atoms with van der Waals surface area (Å²) in [6.07, 6.45) is 5.68. The van der Waals surface area contributed by atoms with E-state index >= 15 is 0 Å². The largest absolute Gasteiger partial charge is 0.482 e. The maximum absolute atomic E-state index is 12.1. The van der Waals surface area contributed by atoms with E-state index in [4.69, 9.17) is 15.2 Å². The van der Waals surface area contributed by atoms with Crippen LogP contribution in [0.2, 0.25) is 0 Å². The molecule has 0 bridgehead atoms. The average Bonchev–Trinajstić information content (AvgIpc) is 3.02. The number of benzene rings is 1. The zero-order valence-corrected chi connectivity index (χ0v) is 18.5. The van der Waals surface area contributed by atoms with E-state index in [1.807, 2.05) is 75.7 Å². The Kier molecular flexibility index (Phi) is 7.65. The number of carbonyl (C=O) groups excluding carboxylic acids is 2. The van der Waals surface area contributed by atoms with Gasteiger partial charge in [0.15, 0.2) is 11.7 Å². The number of allylic oxidation sites excluding steroid dienone is 1. The molecule has 1 atom stereocenters. The van der Waals surface area contributed by atoms with Crippen LogP contribution in [-0.2, 0) is 26.1 Å². The van der Waals surface area contributed by atoms with Crippen molar-refractivity contribution in [2.24, 2.45) is 23.6 Å². The number of ether oxygens (including phenoxy) is 2. The van der Waals surface area contributed by atoms with E-state index in [0.29, 0.717) is 13.0 Å². The van der Waals surface area contributed by atoms with Crippen LogP contribution in [-0.4, -0.2) is 36.2 Å². The summed E-state index contributed by atoms with van der Waals surface area (Å²) in [5.74, 6) is 1.66. The molecular weight excluding hydrogens is 380 g/mol. The van der Waals surface area contributed by atoms with E-state index in [2.05, 4.69) is 0 Å². The molecule has 30 heavy (non-hydrogen) atoms. The van der Waals surface area contributed by atoms with E-state index < -0.39 is 11.4 Å².